The molecule has 0 unspecified atom stereocenters. The number of likely N-dealkylation sites (tertiary alicyclic amines) is 1. The molecule has 2 aliphatic rings. The van der Waals surface area contributed by atoms with Crippen molar-refractivity contribution in [1.82, 2.24) is 4.90 Å². The summed E-state index contributed by atoms with van der Waals surface area (Å²) in [5.41, 5.74) is 5.84. The Morgan fingerprint density at radius 2 is 2.08 bits per heavy atom. The minimum atomic E-state index is 0.407. The lowest BCUT2D eigenvalue weighted by atomic mass is 10.1. The standard InChI is InChI=1S/C10H17N3/c11-9-4-7-13(8-5-9)10-3-1-2-6-12-10/h3,6,9H,1-2,4-5,7-8,11H2. The molecule has 72 valence electrons. The van der Waals surface area contributed by atoms with Crippen molar-refractivity contribution in [1.29, 1.82) is 0 Å². The van der Waals surface area contributed by atoms with E-state index in [1.54, 1.807) is 0 Å². The predicted octanol–water partition coefficient (Wildman–Crippen LogP) is 1.12. The van der Waals surface area contributed by atoms with E-state index in [1.165, 1.54) is 0 Å². The van der Waals surface area contributed by atoms with Crippen molar-refractivity contribution in [2.24, 2.45) is 10.7 Å². The number of hydrogen-bond donors (Lipinski definition) is 1. The lowest BCUT2D eigenvalue weighted by molar-refractivity contribution is 0.261. The first-order valence-corrected chi connectivity index (χ1v) is 5.09. The number of rotatable bonds is 1. The molecule has 0 amide bonds. The molecular formula is C10H17N3. The second-order valence-corrected chi connectivity index (χ2v) is 3.78. The summed E-state index contributed by atoms with van der Waals surface area (Å²) in [5.74, 6) is 1.16. The van der Waals surface area contributed by atoms with Crippen LogP contribution in [0.3, 0.4) is 0 Å². The molecule has 1 fully saturated rings. The van der Waals surface area contributed by atoms with E-state index in [4.69, 9.17) is 5.73 Å². The van der Waals surface area contributed by atoms with Gasteiger partial charge in [-0.2, -0.15) is 0 Å². The van der Waals surface area contributed by atoms with Gasteiger partial charge in [0.25, 0.3) is 0 Å². The van der Waals surface area contributed by atoms with Crippen molar-refractivity contribution in [3.8, 4) is 0 Å². The molecule has 3 nitrogen and oxygen atoms in total. The molecule has 0 aromatic rings. The van der Waals surface area contributed by atoms with Crippen LogP contribution in [0.2, 0.25) is 0 Å². The van der Waals surface area contributed by atoms with Gasteiger partial charge in [-0.1, -0.05) is 0 Å². The average Bonchev–Trinajstić information content (AvgIpc) is 2.20. The predicted molar refractivity (Wildman–Crippen MR) is 54.6 cm³/mol. The fourth-order valence-corrected chi connectivity index (χ4v) is 1.84. The first-order chi connectivity index (χ1) is 6.36. The Kier molecular flexibility index (Phi) is 2.64. The largest absolute Gasteiger partial charge is 0.357 e. The Morgan fingerprint density at radius 1 is 1.31 bits per heavy atom. The maximum Gasteiger partial charge on any atom is 0.124 e. The molecule has 0 aromatic carbocycles. The molecule has 0 aromatic heterocycles. The summed E-state index contributed by atoms with van der Waals surface area (Å²) >= 11 is 0. The number of allylic oxidation sites excluding steroid dienone is 1. The van der Waals surface area contributed by atoms with Gasteiger partial charge >= 0.3 is 0 Å². The van der Waals surface area contributed by atoms with Crippen LogP contribution < -0.4 is 5.73 Å². The molecule has 13 heavy (non-hydrogen) atoms. The highest BCUT2D eigenvalue weighted by Gasteiger charge is 2.17. The molecule has 2 heterocycles. The van der Waals surface area contributed by atoms with Crippen molar-refractivity contribution in [2.45, 2.75) is 31.7 Å². The Labute approximate surface area is 79.3 Å². The van der Waals surface area contributed by atoms with Crippen LogP contribution in [0.15, 0.2) is 16.9 Å². The first-order valence-electron chi connectivity index (χ1n) is 5.09. The maximum absolute atomic E-state index is 5.84. The second-order valence-electron chi connectivity index (χ2n) is 3.78. The molecule has 0 aliphatic carbocycles. The van der Waals surface area contributed by atoms with Crippen LogP contribution >= 0.6 is 0 Å². The van der Waals surface area contributed by atoms with Gasteiger partial charge in [0.15, 0.2) is 0 Å². The van der Waals surface area contributed by atoms with Crippen LogP contribution in [0.5, 0.6) is 0 Å². The zero-order chi connectivity index (χ0) is 9.10. The summed E-state index contributed by atoms with van der Waals surface area (Å²) in [4.78, 5) is 6.75. The van der Waals surface area contributed by atoms with Gasteiger partial charge in [-0.25, -0.2) is 4.99 Å². The summed E-state index contributed by atoms with van der Waals surface area (Å²) in [6.07, 6.45) is 8.69. The zero-order valence-electron chi connectivity index (χ0n) is 7.95. The van der Waals surface area contributed by atoms with E-state index < -0.39 is 0 Å². The van der Waals surface area contributed by atoms with Gasteiger partial charge in [0.05, 0.1) is 0 Å². The molecule has 0 spiro atoms. The quantitative estimate of drug-likeness (QED) is 0.655. The third-order valence-electron chi connectivity index (χ3n) is 2.71. The number of hydrogen-bond acceptors (Lipinski definition) is 3. The highest BCUT2D eigenvalue weighted by molar-refractivity contribution is 5.60. The van der Waals surface area contributed by atoms with Crippen LogP contribution in [-0.4, -0.2) is 30.2 Å². The van der Waals surface area contributed by atoms with Crippen LogP contribution in [-0.2, 0) is 0 Å². The van der Waals surface area contributed by atoms with E-state index in [0.717, 1.165) is 44.6 Å². The van der Waals surface area contributed by atoms with Crippen molar-refractivity contribution < 1.29 is 0 Å². The van der Waals surface area contributed by atoms with E-state index >= 15 is 0 Å². The van der Waals surface area contributed by atoms with Crippen molar-refractivity contribution in [3.63, 3.8) is 0 Å². The summed E-state index contributed by atoms with van der Waals surface area (Å²) in [6.45, 7) is 2.15. The van der Waals surface area contributed by atoms with Crippen molar-refractivity contribution >= 4 is 6.21 Å². The van der Waals surface area contributed by atoms with Gasteiger partial charge in [-0.05, 0) is 31.8 Å². The Bertz CT molecular complexity index is 224. The number of piperidine rings is 1. The molecule has 2 rings (SSSR count). The molecule has 0 bridgehead atoms. The lowest BCUT2D eigenvalue weighted by Crippen LogP contribution is -2.39. The van der Waals surface area contributed by atoms with Crippen LogP contribution in [0.4, 0.5) is 0 Å². The van der Waals surface area contributed by atoms with Crippen molar-refractivity contribution in [3.05, 3.63) is 11.9 Å². The smallest absolute Gasteiger partial charge is 0.124 e. The molecular weight excluding hydrogens is 162 g/mol. The van der Waals surface area contributed by atoms with E-state index in [-0.39, 0.29) is 0 Å². The summed E-state index contributed by atoms with van der Waals surface area (Å²) in [7, 11) is 0. The Balaban J connectivity index is 1.94. The molecule has 1 saturated heterocycles. The maximum atomic E-state index is 5.84. The topological polar surface area (TPSA) is 41.6 Å². The number of aliphatic imine (C=N–C) groups is 1. The van der Waals surface area contributed by atoms with Crippen LogP contribution in [0.25, 0.3) is 0 Å². The highest BCUT2D eigenvalue weighted by atomic mass is 15.2. The minimum absolute atomic E-state index is 0.407. The summed E-state index contributed by atoms with van der Waals surface area (Å²) in [6, 6.07) is 0.407. The normalized spacial score (nSPS) is 24.7. The van der Waals surface area contributed by atoms with E-state index in [0.29, 0.717) is 6.04 Å². The van der Waals surface area contributed by atoms with Gasteiger partial charge in [0.1, 0.15) is 5.82 Å². The monoisotopic (exact) mass is 179 g/mol. The number of nitrogens with zero attached hydrogens (tertiary/aromatic N) is 2. The zero-order valence-corrected chi connectivity index (χ0v) is 7.95. The second kappa shape index (κ2) is 3.92. The summed E-state index contributed by atoms with van der Waals surface area (Å²) < 4.78 is 0. The van der Waals surface area contributed by atoms with Gasteiger partial charge in [-0.3, -0.25) is 0 Å². The van der Waals surface area contributed by atoms with E-state index in [2.05, 4.69) is 16.0 Å². The Morgan fingerprint density at radius 3 is 2.69 bits per heavy atom. The van der Waals surface area contributed by atoms with E-state index in [9.17, 15) is 0 Å². The van der Waals surface area contributed by atoms with Crippen LogP contribution in [0, 0.1) is 0 Å². The average molecular weight is 179 g/mol. The SMILES string of the molecule is NC1CCN(C2=CCCC=N2)CC1. The minimum Gasteiger partial charge on any atom is -0.357 e. The first kappa shape index (κ1) is 8.75. The summed E-state index contributed by atoms with van der Waals surface area (Å²) in [5, 5.41) is 0. The van der Waals surface area contributed by atoms with Gasteiger partial charge in [0, 0.05) is 25.3 Å². The molecule has 3 heteroatoms. The number of nitrogens with two attached hydrogens (primary N) is 1. The van der Waals surface area contributed by atoms with Crippen molar-refractivity contribution in [2.75, 3.05) is 13.1 Å². The fourth-order valence-electron chi connectivity index (χ4n) is 1.84. The van der Waals surface area contributed by atoms with Crippen LogP contribution in [0.1, 0.15) is 25.7 Å². The van der Waals surface area contributed by atoms with Gasteiger partial charge in [-0.15, -0.1) is 0 Å². The molecule has 0 atom stereocenters. The van der Waals surface area contributed by atoms with Gasteiger partial charge in [0.2, 0.25) is 0 Å². The Hall–Kier alpha value is -0.830. The highest BCUT2D eigenvalue weighted by Crippen LogP contribution is 2.17. The van der Waals surface area contributed by atoms with E-state index in [1.807, 2.05) is 6.21 Å². The molecule has 0 radical (unpaired) electrons. The third kappa shape index (κ3) is 2.10. The molecule has 2 aliphatic heterocycles. The third-order valence-corrected chi connectivity index (χ3v) is 2.71. The molecule has 2 N–H and O–H groups in total. The fraction of sp³-hybridized carbons (Fsp3) is 0.700. The lowest BCUT2D eigenvalue weighted by Gasteiger charge is -2.32. The molecule has 0 saturated carbocycles. The van der Waals surface area contributed by atoms with Gasteiger partial charge < -0.3 is 10.6 Å².